The molecule has 2 aliphatic rings. The summed E-state index contributed by atoms with van der Waals surface area (Å²) in [4.78, 5) is 2.71. The molecule has 23 heavy (non-hydrogen) atoms. The first-order valence-corrected chi connectivity index (χ1v) is 9.43. The van der Waals surface area contributed by atoms with Crippen LogP contribution >= 0.6 is 23.2 Å². The highest BCUT2D eigenvalue weighted by Gasteiger charge is 2.38. The number of piperidine rings is 1. The van der Waals surface area contributed by atoms with Gasteiger partial charge in [0.2, 0.25) is 0 Å². The van der Waals surface area contributed by atoms with Crippen LogP contribution in [0, 0.1) is 0 Å². The third-order valence-corrected chi connectivity index (χ3v) is 5.96. The van der Waals surface area contributed by atoms with E-state index in [1.807, 2.05) is 18.2 Å². The van der Waals surface area contributed by atoms with Gasteiger partial charge in [-0.25, -0.2) is 0 Å². The van der Waals surface area contributed by atoms with Gasteiger partial charge in [0.15, 0.2) is 0 Å². The third-order valence-electron chi connectivity index (χ3n) is 5.22. The second-order valence-electron chi connectivity index (χ2n) is 6.74. The van der Waals surface area contributed by atoms with Crippen molar-refractivity contribution in [1.29, 1.82) is 0 Å². The van der Waals surface area contributed by atoms with Crippen LogP contribution in [0.3, 0.4) is 0 Å². The number of benzene rings is 1. The SMILES string of the molecule is Clc1ccc(CNCC2(N3CCCCC3)CCOCC2)cc1Cl. The fourth-order valence-electron chi connectivity index (χ4n) is 3.81. The molecule has 0 amide bonds. The molecule has 3 rings (SSSR count). The zero-order valence-corrected chi connectivity index (χ0v) is 15.1. The second-order valence-corrected chi connectivity index (χ2v) is 7.55. The topological polar surface area (TPSA) is 24.5 Å². The first kappa shape index (κ1) is 17.5. The average molecular weight is 357 g/mol. The predicted molar refractivity (Wildman–Crippen MR) is 96.4 cm³/mol. The van der Waals surface area contributed by atoms with Crippen molar-refractivity contribution in [2.75, 3.05) is 32.8 Å². The molecule has 0 atom stereocenters. The van der Waals surface area contributed by atoms with Gasteiger partial charge in [-0.2, -0.15) is 0 Å². The molecule has 0 spiro atoms. The summed E-state index contributed by atoms with van der Waals surface area (Å²) in [6, 6.07) is 5.86. The fraction of sp³-hybridized carbons (Fsp3) is 0.667. The number of hydrogen-bond acceptors (Lipinski definition) is 3. The Morgan fingerprint density at radius 1 is 1.04 bits per heavy atom. The summed E-state index contributed by atoms with van der Waals surface area (Å²) in [5.74, 6) is 0. The summed E-state index contributed by atoms with van der Waals surface area (Å²) in [6.45, 7) is 6.06. The average Bonchev–Trinajstić information content (AvgIpc) is 2.60. The minimum absolute atomic E-state index is 0.259. The molecule has 2 saturated heterocycles. The Balaban J connectivity index is 1.60. The van der Waals surface area contributed by atoms with Crippen LogP contribution in [0.1, 0.15) is 37.7 Å². The molecule has 0 unspecified atom stereocenters. The van der Waals surface area contributed by atoms with Gasteiger partial charge in [-0.05, 0) is 56.5 Å². The second kappa shape index (κ2) is 8.17. The lowest BCUT2D eigenvalue weighted by Crippen LogP contribution is -2.59. The van der Waals surface area contributed by atoms with Gasteiger partial charge in [-0.15, -0.1) is 0 Å². The van der Waals surface area contributed by atoms with E-state index in [2.05, 4.69) is 10.2 Å². The van der Waals surface area contributed by atoms with E-state index < -0.39 is 0 Å². The van der Waals surface area contributed by atoms with Crippen molar-refractivity contribution in [2.24, 2.45) is 0 Å². The molecule has 2 aliphatic heterocycles. The summed E-state index contributed by atoms with van der Waals surface area (Å²) in [5, 5.41) is 4.90. The molecule has 5 heteroatoms. The Morgan fingerprint density at radius 3 is 2.48 bits per heavy atom. The number of likely N-dealkylation sites (tertiary alicyclic amines) is 1. The van der Waals surface area contributed by atoms with Gasteiger partial charge in [-0.1, -0.05) is 35.7 Å². The quantitative estimate of drug-likeness (QED) is 0.858. The molecule has 0 bridgehead atoms. The molecular formula is C18H26Cl2N2O. The van der Waals surface area contributed by atoms with Gasteiger partial charge in [0.1, 0.15) is 0 Å². The lowest BCUT2D eigenvalue weighted by molar-refractivity contribution is -0.0358. The van der Waals surface area contributed by atoms with E-state index in [1.54, 1.807) is 0 Å². The van der Waals surface area contributed by atoms with Gasteiger partial charge < -0.3 is 10.1 Å². The molecule has 3 nitrogen and oxygen atoms in total. The van der Waals surface area contributed by atoms with E-state index in [4.69, 9.17) is 27.9 Å². The number of halogens is 2. The third kappa shape index (κ3) is 4.40. The van der Waals surface area contributed by atoms with Crippen LogP contribution in [-0.2, 0) is 11.3 Å². The zero-order valence-electron chi connectivity index (χ0n) is 13.6. The smallest absolute Gasteiger partial charge is 0.0595 e. The highest BCUT2D eigenvalue weighted by atomic mass is 35.5. The number of nitrogens with zero attached hydrogens (tertiary/aromatic N) is 1. The van der Waals surface area contributed by atoms with Crippen LogP contribution in [0.25, 0.3) is 0 Å². The van der Waals surface area contributed by atoms with Crippen LogP contribution in [0.15, 0.2) is 18.2 Å². The van der Waals surface area contributed by atoms with Crippen molar-refractivity contribution in [3.63, 3.8) is 0 Å². The summed E-state index contributed by atoms with van der Waals surface area (Å²) in [7, 11) is 0. The largest absolute Gasteiger partial charge is 0.381 e. The van der Waals surface area contributed by atoms with Gasteiger partial charge >= 0.3 is 0 Å². The van der Waals surface area contributed by atoms with Crippen LogP contribution in [0.5, 0.6) is 0 Å². The number of nitrogens with one attached hydrogen (secondary N) is 1. The van der Waals surface area contributed by atoms with Crippen molar-refractivity contribution in [2.45, 2.75) is 44.2 Å². The van der Waals surface area contributed by atoms with Crippen molar-refractivity contribution in [1.82, 2.24) is 10.2 Å². The maximum atomic E-state index is 6.11. The van der Waals surface area contributed by atoms with Crippen molar-refractivity contribution >= 4 is 23.2 Å². The normalized spacial score (nSPS) is 22.2. The van der Waals surface area contributed by atoms with Gasteiger partial charge in [0, 0.05) is 31.8 Å². The first-order valence-electron chi connectivity index (χ1n) is 8.67. The number of rotatable bonds is 5. The first-order chi connectivity index (χ1) is 11.2. The van der Waals surface area contributed by atoms with Gasteiger partial charge in [0.25, 0.3) is 0 Å². The Kier molecular flexibility index (Phi) is 6.22. The Morgan fingerprint density at radius 2 is 1.78 bits per heavy atom. The monoisotopic (exact) mass is 356 g/mol. The van der Waals surface area contributed by atoms with E-state index in [9.17, 15) is 0 Å². The van der Waals surface area contributed by atoms with Crippen LogP contribution in [-0.4, -0.2) is 43.3 Å². The zero-order chi connectivity index (χ0) is 16.1. The van der Waals surface area contributed by atoms with E-state index >= 15 is 0 Å². The van der Waals surface area contributed by atoms with Crippen LogP contribution in [0.2, 0.25) is 10.0 Å². The Bertz CT molecular complexity index is 512. The minimum atomic E-state index is 0.259. The highest BCUT2D eigenvalue weighted by molar-refractivity contribution is 6.42. The fourth-order valence-corrected chi connectivity index (χ4v) is 4.13. The molecule has 0 radical (unpaired) electrons. The maximum Gasteiger partial charge on any atom is 0.0595 e. The molecular weight excluding hydrogens is 331 g/mol. The molecule has 1 aromatic carbocycles. The lowest BCUT2D eigenvalue weighted by Gasteiger charge is -2.48. The lowest BCUT2D eigenvalue weighted by atomic mass is 9.86. The van der Waals surface area contributed by atoms with Crippen molar-refractivity contribution in [3.05, 3.63) is 33.8 Å². The minimum Gasteiger partial charge on any atom is -0.381 e. The molecule has 2 heterocycles. The Labute approximate surface area is 149 Å². The molecule has 0 aromatic heterocycles. The molecule has 0 aliphatic carbocycles. The molecule has 0 saturated carbocycles. The number of ether oxygens (including phenoxy) is 1. The maximum absolute atomic E-state index is 6.11. The summed E-state index contributed by atoms with van der Waals surface area (Å²) >= 11 is 12.1. The van der Waals surface area contributed by atoms with Gasteiger partial charge in [-0.3, -0.25) is 4.90 Å². The standard InChI is InChI=1S/C18H26Cl2N2O/c19-16-5-4-15(12-17(16)20)13-21-14-18(6-10-23-11-7-18)22-8-2-1-3-9-22/h4-5,12,21H,1-3,6-11,13-14H2. The molecule has 128 valence electrons. The van der Waals surface area contributed by atoms with Crippen LogP contribution in [0.4, 0.5) is 0 Å². The molecule has 1 aromatic rings. The van der Waals surface area contributed by atoms with Crippen LogP contribution < -0.4 is 5.32 Å². The van der Waals surface area contributed by atoms with E-state index in [-0.39, 0.29) is 5.54 Å². The summed E-state index contributed by atoms with van der Waals surface area (Å²) in [5.41, 5.74) is 1.44. The van der Waals surface area contributed by atoms with Gasteiger partial charge in [0.05, 0.1) is 10.0 Å². The summed E-state index contributed by atoms with van der Waals surface area (Å²) in [6.07, 6.45) is 6.29. The molecule has 2 fully saturated rings. The molecule has 1 N–H and O–H groups in total. The van der Waals surface area contributed by atoms with E-state index in [1.165, 1.54) is 37.9 Å². The predicted octanol–water partition coefficient (Wildman–Crippen LogP) is 4.12. The Hall–Kier alpha value is -0.320. The highest BCUT2D eigenvalue weighted by Crippen LogP contribution is 2.30. The van der Waals surface area contributed by atoms with Crippen molar-refractivity contribution in [3.8, 4) is 0 Å². The summed E-state index contributed by atoms with van der Waals surface area (Å²) < 4.78 is 5.62. The number of hydrogen-bond donors (Lipinski definition) is 1. The van der Waals surface area contributed by atoms with E-state index in [0.29, 0.717) is 10.0 Å². The van der Waals surface area contributed by atoms with E-state index in [0.717, 1.165) is 39.1 Å². The van der Waals surface area contributed by atoms with Crippen molar-refractivity contribution < 1.29 is 4.74 Å².